The summed E-state index contributed by atoms with van der Waals surface area (Å²) in [5.74, 6) is 0. The van der Waals surface area contributed by atoms with Crippen LogP contribution in [0.15, 0.2) is 54.6 Å². The van der Waals surface area contributed by atoms with Crippen LogP contribution in [-0.4, -0.2) is 0 Å². The molecule has 0 saturated carbocycles. The zero-order valence-corrected chi connectivity index (χ0v) is 7.20. The predicted molar refractivity (Wildman–Crippen MR) is 55.0 cm³/mol. The maximum Gasteiger partial charge on any atom is 0.0384 e. The minimum Gasteiger partial charge on any atom is -0.356 e. The molecular formula is C12H10N. The van der Waals surface area contributed by atoms with Gasteiger partial charge in [0.15, 0.2) is 0 Å². The predicted octanol–water partition coefficient (Wildman–Crippen LogP) is 3.23. The summed E-state index contributed by atoms with van der Waals surface area (Å²) >= 11 is 0. The highest BCUT2D eigenvalue weighted by atomic mass is 14.9. The van der Waals surface area contributed by atoms with E-state index in [4.69, 9.17) is 0 Å². The van der Waals surface area contributed by atoms with Crippen LogP contribution < -0.4 is 5.32 Å². The van der Waals surface area contributed by atoms with Gasteiger partial charge in [-0.1, -0.05) is 30.3 Å². The molecule has 0 unspecified atom stereocenters. The number of hydrogen-bond acceptors (Lipinski definition) is 1. The highest BCUT2D eigenvalue weighted by Crippen LogP contribution is 2.14. The van der Waals surface area contributed by atoms with E-state index >= 15 is 0 Å². The first kappa shape index (κ1) is 7.87. The molecular weight excluding hydrogens is 158 g/mol. The van der Waals surface area contributed by atoms with Gasteiger partial charge in [-0.05, 0) is 30.3 Å². The molecule has 1 heteroatoms. The lowest BCUT2D eigenvalue weighted by Gasteiger charge is -2.04. The monoisotopic (exact) mass is 168 g/mol. The number of rotatable bonds is 2. The Labute approximate surface area is 78.0 Å². The molecule has 0 aliphatic heterocycles. The molecule has 0 aliphatic carbocycles. The van der Waals surface area contributed by atoms with Crippen LogP contribution in [0.3, 0.4) is 0 Å². The van der Waals surface area contributed by atoms with Crippen molar-refractivity contribution in [1.29, 1.82) is 0 Å². The molecule has 1 radical (unpaired) electrons. The van der Waals surface area contributed by atoms with E-state index in [1.54, 1.807) is 0 Å². The summed E-state index contributed by atoms with van der Waals surface area (Å²) in [6.45, 7) is 0. The molecule has 1 N–H and O–H groups in total. The maximum atomic E-state index is 3.28. The second-order valence-electron chi connectivity index (χ2n) is 2.78. The maximum absolute atomic E-state index is 3.28. The van der Waals surface area contributed by atoms with Gasteiger partial charge >= 0.3 is 0 Å². The summed E-state index contributed by atoms with van der Waals surface area (Å²) in [5.41, 5.74) is 2.19. The van der Waals surface area contributed by atoms with Gasteiger partial charge in [-0.25, -0.2) is 0 Å². The van der Waals surface area contributed by atoms with Gasteiger partial charge in [0, 0.05) is 11.4 Å². The highest BCUT2D eigenvalue weighted by Gasteiger charge is 1.90. The number of para-hydroxylation sites is 1. The van der Waals surface area contributed by atoms with Crippen molar-refractivity contribution in [2.75, 3.05) is 5.32 Å². The molecule has 0 heterocycles. The summed E-state index contributed by atoms with van der Waals surface area (Å²) in [6, 6.07) is 20.9. The van der Waals surface area contributed by atoms with Crippen molar-refractivity contribution in [1.82, 2.24) is 0 Å². The van der Waals surface area contributed by atoms with Gasteiger partial charge < -0.3 is 5.32 Å². The second-order valence-corrected chi connectivity index (χ2v) is 2.78. The van der Waals surface area contributed by atoms with Gasteiger partial charge in [0.2, 0.25) is 0 Å². The fourth-order valence-corrected chi connectivity index (χ4v) is 1.16. The molecule has 0 bridgehead atoms. The van der Waals surface area contributed by atoms with Crippen molar-refractivity contribution in [2.45, 2.75) is 0 Å². The lowest BCUT2D eigenvalue weighted by atomic mass is 10.3. The first-order valence-electron chi connectivity index (χ1n) is 4.23. The average molecular weight is 168 g/mol. The van der Waals surface area contributed by atoms with Crippen molar-refractivity contribution in [3.8, 4) is 0 Å². The molecule has 0 fully saturated rings. The third-order valence-electron chi connectivity index (χ3n) is 1.78. The van der Waals surface area contributed by atoms with Gasteiger partial charge in [-0.2, -0.15) is 0 Å². The Kier molecular flexibility index (Phi) is 2.28. The second kappa shape index (κ2) is 3.76. The summed E-state index contributed by atoms with van der Waals surface area (Å²) in [4.78, 5) is 0. The van der Waals surface area contributed by atoms with E-state index in [0.717, 1.165) is 11.4 Å². The number of nitrogens with one attached hydrogen (secondary N) is 1. The van der Waals surface area contributed by atoms with E-state index in [1.165, 1.54) is 0 Å². The first-order chi connectivity index (χ1) is 6.45. The number of hydrogen-bond donors (Lipinski definition) is 1. The summed E-state index contributed by atoms with van der Waals surface area (Å²) in [5, 5.41) is 3.28. The lowest BCUT2D eigenvalue weighted by Crippen LogP contribution is -1.87. The largest absolute Gasteiger partial charge is 0.356 e. The summed E-state index contributed by atoms with van der Waals surface area (Å²) in [6.07, 6.45) is 0. The topological polar surface area (TPSA) is 12.0 Å². The number of anilines is 2. The quantitative estimate of drug-likeness (QED) is 0.725. The molecule has 0 amide bonds. The minimum atomic E-state index is 1.09. The van der Waals surface area contributed by atoms with Crippen molar-refractivity contribution in [3.63, 3.8) is 0 Å². The zero-order valence-electron chi connectivity index (χ0n) is 7.20. The van der Waals surface area contributed by atoms with Gasteiger partial charge in [0.25, 0.3) is 0 Å². The lowest BCUT2D eigenvalue weighted by molar-refractivity contribution is 1.55. The third-order valence-corrected chi connectivity index (χ3v) is 1.78. The molecule has 0 saturated heterocycles. The fourth-order valence-electron chi connectivity index (χ4n) is 1.16. The fraction of sp³-hybridized carbons (Fsp3) is 0. The standard InChI is InChI=1S/C12H10N/c1-3-7-11(8-4-1)13-12-9-5-2-6-10-12/h1,3-10,13H. The van der Waals surface area contributed by atoms with Crippen LogP contribution in [0.4, 0.5) is 11.4 Å². The van der Waals surface area contributed by atoms with Crippen molar-refractivity contribution < 1.29 is 0 Å². The SMILES string of the molecule is [c]1ccc(Nc2ccccc2)cc1. The van der Waals surface area contributed by atoms with E-state index in [0.29, 0.717) is 0 Å². The van der Waals surface area contributed by atoms with Crippen LogP contribution in [-0.2, 0) is 0 Å². The molecule has 1 nitrogen and oxygen atoms in total. The van der Waals surface area contributed by atoms with Crippen molar-refractivity contribution in [2.24, 2.45) is 0 Å². The Hall–Kier alpha value is -1.76. The third kappa shape index (κ3) is 2.09. The molecule has 2 aromatic carbocycles. The molecule has 0 aromatic heterocycles. The van der Waals surface area contributed by atoms with Gasteiger partial charge in [-0.15, -0.1) is 0 Å². The van der Waals surface area contributed by atoms with E-state index < -0.39 is 0 Å². The molecule has 2 aromatic rings. The minimum absolute atomic E-state index is 1.09. The Morgan fingerprint density at radius 3 is 2.08 bits per heavy atom. The van der Waals surface area contributed by atoms with Crippen LogP contribution in [0.2, 0.25) is 0 Å². The Morgan fingerprint density at radius 2 is 1.38 bits per heavy atom. The first-order valence-corrected chi connectivity index (χ1v) is 4.23. The number of benzene rings is 2. The summed E-state index contributed by atoms with van der Waals surface area (Å²) in [7, 11) is 0. The van der Waals surface area contributed by atoms with Crippen molar-refractivity contribution in [3.05, 3.63) is 60.7 Å². The van der Waals surface area contributed by atoms with E-state index in [2.05, 4.69) is 11.4 Å². The highest BCUT2D eigenvalue weighted by molar-refractivity contribution is 5.58. The van der Waals surface area contributed by atoms with Crippen LogP contribution >= 0.6 is 0 Å². The van der Waals surface area contributed by atoms with Crippen LogP contribution in [0.25, 0.3) is 0 Å². The molecule has 2 rings (SSSR count). The van der Waals surface area contributed by atoms with E-state index in [1.807, 2.05) is 54.6 Å². The van der Waals surface area contributed by atoms with E-state index in [-0.39, 0.29) is 0 Å². The van der Waals surface area contributed by atoms with Gasteiger partial charge in [-0.3, -0.25) is 0 Å². The van der Waals surface area contributed by atoms with Crippen LogP contribution in [0, 0.1) is 6.07 Å². The molecule has 0 aliphatic rings. The normalized spacial score (nSPS) is 9.54. The van der Waals surface area contributed by atoms with Crippen LogP contribution in [0.1, 0.15) is 0 Å². The van der Waals surface area contributed by atoms with Gasteiger partial charge in [0.1, 0.15) is 0 Å². The smallest absolute Gasteiger partial charge is 0.0384 e. The average Bonchev–Trinajstić information content (AvgIpc) is 2.21. The zero-order chi connectivity index (χ0) is 8.93. The Bertz CT molecular complexity index is 316. The van der Waals surface area contributed by atoms with E-state index in [9.17, 15) is 0 Å². The van der Waals surface area contributed by atoms with Crippen molar-refractivity contribution >= 4 is 11.4 Å². The molecule has 13 heavy (non-hydrogen) atoms. The van der Waals surface area contributed by atoms with Gasteiger partial charge in [0.05, 0.1) is 0 Å². The molecule has 63 valence electrons. The summed E-state index contributed by atoms with van der Waals surface area (Å²) < 4.78 is 0. The Morgan fingerprint density at radius 1 is 0.769 bits per heavy atom. The van der Waals surface area contributed by atoms with Crippen LogP contribution in [0.5, 0.6) is 0 Å². The molecule has 0 atom stereocenters. The Balaban J connectivity index is 2.16. The molecule has 0 spiro atoms.